The van der Waals surface area contributed by atoms with Crippen molar-refractivity contribution in [1.82, 2.24) is 4.90 Å². The molecule has 1 fully saturated rings. The molecule has 1 aromatic rings. The van der Waals surface area contributed by atoms with Crippen molar-refractivity contribution >= 4 is 17.5 Å². The van der Waals surface area contributed by atoms with E-state index in [1.807, 2.05) is 31.2 Å². The second kappa shape index (κ2) is 7.62. The molecular formula is C15H20ClNO3. The fraction of sp³-hybridized carbons (Fsp3) is 0.533. The summed E-state index contributed by atoms with van der Waals surface area (Å²) >= 11 is 5.88. The summed E-state index contributed by atoms with van der Waals surface area (Å²) in [6.45, 7) is 4.54. The first-order valence-electron chi connectivity index (χ1n) is 6.93. The van der Waals surface area contributed by atoms with Gasteiger partial charge in [-0.05, 0) is 24.1 Å². The zero-order valence-electron chi connectivity index (χ0n) is 11.7. The molecule has 0 radical (unpaired) electrons. The minimum absolute atomic E-state index is 0.0284. The number of amides is 1. The second-order valence-electron chi connectivity index (χ2n) is 4.80. The third-order valence-corrected chi connectivity index (χ3v) is 3.49. The molecule has 2 rings (SSSR count). The number of rotatable bonds is 5. The standard InChI is InChI=1S/C15H20ClNO3/c1-2-8-19-11-15(18)17-7-9-20-14(10-17)12-3-5-13(16)6-4-12/h3-6,14H,2,7-11H2,1H3. The summed E-state index contributed by atoms with van der Waals surface area (Å²) in [5.41, 5.74) is 1.04. The topological polar surface area (TPSA) is 38.8 Å². The van der Waals surface area contributed by atoms with Gasteiger partial charge in [0.2, 0.25) is 5.91 Å². The van der Waals surface area contributed by atoms with Gasteiger partial charge in [-0.15, -0.1) is 0 Å². The van der Waals surface area contributed by atoms with Gasteiger partial charge in [0, 0.05) is 18.2 Å². The Morgan fingerprint density at radius 2 is 2.20 bits per heavy atom. The van der Waals surface area contributed by atoms with Gasteiger partial charge in [0.15, 0.2) is 0 Å². The summed E-state index contributed by atoms with van der Waals surface area (Å²) in [6.07, 6.45) is 0.834. The molecule has 110 valence electrons. The molecule has 1 atom stereocenters. The van der Waals surface area contributed by atoms with Crippen LogP contribution in [0, 0.1) is 0 Å². The first-order chi connectivity index (χ1) is 9.70. The number of ether oxygens (including phenoxy) is 2. The maximum Gasteiger partial charge on any atom is 0.248 e. The lowest BCUT2D eigenvalue weighted by Crippen LogP contribution is -2.43. The monoisotopic (exact) mass is 297 g/mol. The van der Waals surface area contributed by atoms with Crippen molar-refractivity contribution in [2.24, 2.45) is 0 Å². The fourth-order valence-corrected chi connectivity index (χ4v) is 2.28. The molecule has 0 N–H and O–H groups in total. The lowest BCUT2D eigenvalue weighted by atomic mass is 10.1. The normalized spacial score (nSPS) is 19.1. The maximum atomic E-state index is 12.0. The highest BCUT2D eigenvalue weighted by molar-refractivity contribution is 6.30. The number of nitrogens with zero attached hydrogens (tertiary/aromatic N) is 1. The van der Waals surface area contributed by atoms with E-state index in [4.69, 9.17) is 21.1 Å². The first kappa shape index (κ1) is 15.3. The van der Waals surface area contributed by atoms with Gasteiger partial charge in [0.25, 0.3) is 0 Å². The van der Waals surface area contributed by atoms with Gasteiger partial charge in [-0.1, -0.05) is 30.7 Å². The Hall–Kier alpha value is -1.10. The Bertz CT molecular complexity index is 435. The van der Waals surface area contributed by atoms with Crippen molar-refractivity contribution < 1.29 is 14.3 Å². The molecule has 0 spiro atoms. The van der Waals surface area contributed by atoms with Crippen molar-refractivity contribution in [1.29, 1.82) is 0 Å². The molecule has 0 bridgehead atoms. The van der Waals surface area contributed by atoms with Gasteiger partial charge in [0.05, 0.1) is 13.2 Å². The highest BCUT2D eigenvalue weighted by Gasteiger charge is 2.25. The quantitative estimate of drug-likeness (QED) is 0.784. The molecule has 4 nitrogen and oxygen atoms in total. The summed E-state index contributed by atoms with van der Waals surface area (Å²) in [7, 11) is 0. The highest BCUT2D eigenvalue weighted by atomic mass is 35.5. The highest BCUT2D eigenvalue weighted by Crippen LogP contribution is 2.23. The van der Waals surface area contributed by atoms with E-state index >= 15 is 0 Å². The number of carbonyl (C=O) groups excluding carboxylic acids is 1. The summed E-state index contributed by atoms with van der Waals surface area (Å²) in [5.74, 6) is 0.0284. The van der Waals surface area contributed by atoms with Crippen LogP contribution in [0.4, 0.5) is 0 Å². The fourth-order valence-electron chi connectivity index (χ4n) is 2.15. The summed E-state index contributed by atoms with van der Waals surface area (Å²) in [4.78, 5) is 13.8. The van der Waals surface area contributed by atoms with Crippen molar-refractivity contribution in [3.8, 4) is 0 Å². The van der Waals surface area contributed by atoms with E-state index in [1.165, 1.54) is 0 Å². The number of hydrogen-bond acceptors (Lipinski definition) is 3. The lowest BCUT2D eigenvalue weighted by molar-refractivity contribution is -0.143. The van der Waals surface area contributed by atoms with Gasteiger partial charge in [-0.2, -0.15) is 0 Å². The van der Waals surface area contributed by atoms with E-state index < -0.39 is 0 Å². The maximum absolute atomic E-state index is 12.0. The summed E-state index contributed by atoms with van der Waals surface area (Å²) in [6, 6.07) is 7.56. The van der Waals surface area contributed by atoms with Crippen molar-refractivity contribution in [2.75, 3.05) is 32.9 Å². The molecule has 1 unspecified atom stereocenters. The van der Waals surface area contributed by atoms with Crippen LogP contribution in [-0.4, -0.2) is 43.7 Å². The zero-order valence-corrected chi connectivity index (χ0v) is 12.4. The molecule has 1 aromatic carbocycles. The molecule has 1 amide bonds. The molecule has 0 saturated carbocycles. The van der Waals surface area contributed by atoms with E-state index in [1.54, 1.807) is 4.90 Å². The Morgan fingerprint density at radius 1 is 1.45 bits per heavy atom. The number of halogens is 1. The van der Waals surface area contributed by atoms with Crippen molar-refractivity contribution in [2.45, 2.75) is 19.4 Å². The average Bonchev–Trinajstić information content (AvgIpc) is 2.48. The summed E-state index contributed by atoms with van der Waals surface area (Å²) in [5, 5.41) is 0.699. The Labute approximate surface area is 124 Å². The van der Waals surface area contributed by atoms with Crippen molar-refractivity contribution in [3.05, 3.63) is 34.9 Å². The number of benzene rings is 1. The van der Waals surface area contributed by atoms with Crippen LogP contribution in [-0.2, 0) is 14.3 Å². The van der Waals surface area contributed by atoms with Crippen LogP contribution in [0.2, 0.25) is 5.02 Å². The lowest BCUT2D eigenvalue weighted by Gasteiger charge is -2.33. The third kappa shape index (κ3) is 4.20. The minimum atomic E-state index is -0.0869. The van der Waals surface area contributed by atoms with E-state index in [9.17, 15) is 4.79 Å². The number of carbonyl (C=O) groups is 1. The third-order valence-electron chi connectivity index (χ3n) is 3.23. The number of morpholine rings is 1. The Morgan fingerprint density at radius 3 is 2.90 bits per heavy atom. The predicted octanol–water partition coefficient (Wildman–Crippen LogP) is 2.67. The van der Waals surface area contributed by atoms with Gasteiger partial charge in [-0.25, -0.2) is 0 Å². The number of hydrogen-bond donors (Lipinski definition) is 0. The summed E-state index contributed by atoms with van der Waals surface area (Å²) < 4.78 is 11.0. The zero-order chi connectivity index (χ0) is 14.4. The molecule has 1 aliphatic heterocycles. The average molecular weight is 298 g/mol. The van der Waals surface area contributed by atoms with Gasteiger partial charge in [0.1, 0.15) is 12.7 Å². The minimum Gasteiger partial charge on any atom is -0.372 e. The Balaban J connectivity index is 1.91. The van der Waals surface area contributed by atoms with Gasteiger partial charge in [-0.3, -0.25) is 4.79 Å². The molecule has 1 saturated heterocycles. The molecular weight excluding hydrogens is 278 g/mol. The van der Waals surface area contributed by atoms with Crippen LogP contribution in [0.15, 0.2) is 24.3 Å². The van der Waals surface area contributed by atoms with Crippen LogP contribution >= 0.6 is 11.6 Å². The van der Waals surface area contributed by atoms with E-state index in [2.05, 4.69) is 0 Å². The van der Waals surface area contributed by atoms with Crippen LogP contribution in [0.5, 0.6) is 0 Å². The molecule has 1 aliphatic rings. The van der Waals surface area contributed by atoms with Crippen LogP contribution < -0.4 is 0 Å². The molecule has 5 heteroatoms. The SMILES string of the molecule is CCCOCC(=O)N1CCOC(c2ccc(Cl)cc2)C1. The van der Waals surface area contributed by atoms with Gasteiger partial charge >= 0.3 is 0 Å². The van der Waals surface area contributed by atoms with Crippen molar-refractivity contribution in [3.63, 3.8) is 0 Å². The van der Waals surface area contributed by atoms with E-state index in [-0.39, 0.29) is 18.6 Å². The largest absolute Gasteiger partial charge is 0.372 e. The predicted molar refractivity (Wildman–Crippen MR) is 77.8 cm³/mol. The molecule has 1 heterocycles. The smallest absolute Gasteiger partial charge is 0.248 e. The molecule has 20 heavy (non-hydrogen) atoms. The first-order valence-corrected chi connectivity index (χ1v) is 7.31. The van der Waals surface area contributed by atoms with E-state index in [0.717, 1.165) is 12.0 Å². The van der Waals surface area contributed by atoms with Crippen LogP contribution in [0.1, 0.15) is 25.0 Å². The molecule has 0 aliphatic carbocycles. The van der Waals surface area contributed by atoms with Gasteiger partial charge < -0.3 is 14.4 Å². The molecule has 0 aromatic heterocycles. The van der Waals surface area contributed by atoms with Crippen LogP contribution in [0.25, 0.3) is 0 Å². The van der Waals surface area contributed by atoms with Crippen LogP contribution in [0.3, 0.4) is 0 Å². The second-order valence-corrected chi connectivity index (χ2v) is 5.24. The van der Waals surface area contributed by atoms with E-state index in [0.29, 0.717) is 31.3 Å². The Kier molecular flexibility index (Phi) is 5.83.